The van der Waals surface area contributed by atoms with Crippen molar-refractivity contribution in [1.82, 2.24) is 15.5 Å². The van der Waals surface area contributed by atoms with Crippen LogP contribution in [0.2, 0.25) is 0 Å². The monoisotopic (exact) mass is 241 g/mol. The van der Waals surface area contributed by atoms with Gasteiger partial charge in [0.05, 0.1) is 24.9 Å². The topological polar surface area (TPSA) is 69.9 Å². The number of H-pyrrole nitrogens is 2. The Hall–Kier alpha value is -0.490. The summed E-state index contributed by atoms with van der Waals surface area (Å²) < 4.78 is 5.25. The Bertz CT molecular complexity index is 306. The van der Waals surface area contributed by atoms with Gasteiger partial charge in [0, 0.05) is 12.6 Å². The van der Waals surface area contributed by atoms with Gasteiger partial charge < -0.3 is 15.2 Å². The number of nitrogens with one attached hydrogen (secondary N) is 3. The number of ether oxygens (including phenoxy) is 1. The Kier molecular flexibility index (Phi) is 5.87. The van der Waals surface area contributed by atoms with E-state index in [2.05, 4.69) is 15.5 Å². The fraction of sp³-hybridized carbons (Fsp3) is 0.571. The summed E-state index contributed by atoms with van der Waals surface area (Å²) in [7, 11) is 0. The van der Waals surface area contributed by atoms with E-state index in [1.165, 1.54) is 0 Å². The molecular formula is C7H13Cl2N3O2. The molecule has 14 heavy (non-hydrogen) atoms. The molecule has 0 radical (unpaired) electrons. The van der Waals surface area contributed by atoms with Crippen molar-refractivity contribution in [2.75, 3.05) is 19.8 Å². The van der Waals surface area contributed by atoms with Gasteiger partial charge in [0.2, 0.25) is 0 Å². The molecule has 1 atom stereocenters. The van der Waals surface area contributed by atoms with Crippen LogP contribution < -0.4 is 10.9 Å². The fourth-order valence-corrected chi connectivity index (χ4v) is 1.30. The second-order valence-corrected chi connectivity index (χ2v) is 2.80. The Morgan fingerprint density at radius 3 is 2.64 bits per heavy atom. The number of morpholine rings is 1. The minimum absolute atomic E-state index is 0. The lowest BCUT2D eigenvalue weighted by Crippen LogP contribution is -2.34. The second-order valence-electron chi connectivity index (χ2n) is 2.80. The minimum Gasteiger partial charge on any atom is -0.378 e. The van der Waals surface area contributed by atoms with Crippen LogP contribution in [0.1, 0.15) is 11.7 Å². The summed E-state index contributed by atoms with van der Waals surface area (Å²) in [5.41, 5.74) is 0.761. The van der Waals surface area contributed by atoms with Crippen molar-refractivity contribution in [2.45, 2.75) is 6.04 Å². The highest BCUT2D eigenvalue weighted by atomic mass is 35.5. The average Bonchev–Trinajstić information content (AvgIpc) is 2.54. The Labute approximate surface area is 93.4 Å². The predicted octanol–water partition coefficient (Wildman–Crippen LogP) is 0.207. The third-order valence-corrected chi connectivity index (χ3v) is 1.91. The smallest absolute Gasteiger partial charge is 0.264 e. The Morgan fingerprint density at radius 1 is 1.36 bits per heavy atom. The van der Waals surface area contributed by atoms with Crippen molar-refractivity contribution in [3.05, 3.63) is 22.1 Å². The number of aromatic nitrogens is 2. The van der Waals surface area contributed by atoms with Crippen molar-refractivity contribution in [3.63, 3.8) is 0 Å². The lowest BCUT2D eigenvalue weighted by molar-refractivity contribution is 0.0756. The third-order valence-electron chi connectivity index (χ3n) is 1.91. The SMILES string of the molecule is Cl.Cl.O=c1cc(C2COCCN2)[nH][nH]1. The van der Waals surface area contributed by atoms with Crippen molar-refractivity contribution < 1.29 is 4.74 Å². The van der Waals surface area contributed by atoms with E-state index in [0.717, 1.165) is 18.8 Å². The molecule has 0 bridgehead atoms. The van der Waals surface area contributed by atoms with Crippen molar-refractivity contribution in [3.8, 4) is 0 Å². The lowest BCUT2D eigenvalue weighted by Gasteiger charge is -2.22. The second kappa shape index (κ2) is 6.08. The van der Waals surface area contributed by atoms with Crippen LogP contribution in [0.4, 0.5) is 0 Å². The van der Waals surface area contributed by atoms with Crippen LogP contribution in [0.3, 0.4) is 0 Å². The molecule has 0 saturated carbocycles. The molecule has 1 aromatic heterocycles. The van der Waals surface area contributed by atoms with Gasteiger partial charge in [0.1, 0.15) is 0 Å². The highest BCUT2D eigenvalue weighted by Gasteiger charge is 2.16. The van der Waals surface area contributed by atoms with Crippen molar-refractivity contribution >= 4 is 24.8 Å². The highest BCUT2D eigenvalue weighted by Crippen LogP contribution is 2.09. The number of hydrogen-bond acceptors (Lipinski definition) is 3. The lowest BCUT2D eigenvalue weighted by atomic mass is 10.2. The molecule has 1 fully saturated rings. The van der Waals surface area contributed by atoms with Crippen LogP contribution in [0.5, 0.6) is 0 Å². The van der Waals surface area contributed by atoms with Gasteiger partial charge in [-0.2, -0.15) is 0 Å². The minimum atomic E-state index is -0.0997. The maximum absolute atomic E-state index is 10.8. The molecule has 1 aliphatic rings. The largest absolute Gasteiger partial charge is 0.378 e. The van der Waals surface area contributed by atoms with Crippen LogP contribution in [-0.2, 0) is 4.74 Å². The standard InChI is InChI=1S/C7H11N3O2.2ClH/c11-7-3-5(9-10-7)6-4-12-2-1-8-6;;/h3,6,8H,1-2,4H2,(H2,9,10,11);2*1H. The molecule has 1 saturated heterocycles. The molecule has 2 heterocycles. The van der Waals surface area contributed by atoms with Crippen LogP contribution >= 0.6 is 24.8 Å². The van der Waals surface area contributed by atoms with Crippen LogP contribution in [0.15, 0.2) is 10.9 Å². The first-order chi connectivity index (χ1) is 5.86. The molecular weight excluding hydrogens is 229 g/mol. The van der Waals surface area contributed by atoms with Gasteiger partial charge in [-0.05, 0) is 0 Å². The molecule has 0 spiro atoms. The molecule has 0 aliphatic carbocycles. The molecule has 2 rings (SSSR count). The average molecular weight is 242 g/mol. The zero-order valence-electron chi connectivity index (χ0n) is 7.41. The first kappa shape index (κ1) is 13.5. The van der Waals surface area contributed by atoms with Crippen LogP contribution in [0.25, 0.3) is 0 Å². The van der Waals surface area contributed by atoms with Gasteiger partial charge in [-0.25, -0.2) is 0 Å². The van der Waals surface area contributed by atoms with E-state index in [9.17, 15) is 4.79 Å². The van der Waals surface area contributed by atoms with E-state index in [4.69, 9.17) is 4.74 Å². The maximum atomic E-state index is 10.8. The Morgan fingerprint density at radius 2 is 2.14 bits per heavy atom. The maximum Gasteiger partial charge on any atom is 0.264 e. The molecule has 1 unspecified atom stereocenters. The fourth-order valence-electron chi connectivity index (χ4n) is 1.30. The zero-order chi connectivity index (χ0) is 8.39. The number of hydrogen-bond donors (Lipinski definition) is 3. The van der Waals surface area contributed by atoms with Gasteiger partial charge >= 0.3 is 0 Å². The molecule has 0 amide bonds. The van der Waals surface area contributed by atoms with Gasteiger partial charge in [-0.3, -0.25) is 9.89 Å². The summed E-state index contributed by atoms with van der Waals surface area (Å²) in [5.74, 6) is 0. The van der Waals surface area contributed by atoms with Gasteiger partial charge in [0.15, 0.2) is 0 Å². The number of rotatable bonds is 1. The molecule has 7 heteroatoms. The van der Waals surface area contributed by atoms with Gasteiger partial charge in [-0.1, -0.05) is 0 Å². The summed E-state index contributed by atoms with van der Waals surface area (Å²) >= 11 is 0. The van der Waals surface area contributed by atoms with Crippen molar-refractivity contribution in [2.24, 2.45) is 0 Å². The normalized spacial score (nSPS) is 20.7. The summed E-state index contributed by atoms with van der Waals surface area (Å²) in [5, 5.41) is 8.52. The van der Waals surface area contributed by atoms with E-state index >= 15 is 0 Å². The van der Waals surface area contributed by atoms with E-state index in [0.29, 0.717) is 6.61 Å². The quantitative estimate of drug-likeness (QED) is 0.659. The molecule has 3 N–H and O–H groups in total. The number of halogens is 2. The zero-order valence-corrected chi connectivity index (χ0v) is 9.04. The predicted molar refractivity (Wildman–Crippen MR) is 57.5 cm³/mol. The summed E-state index contributed by atoms with van der Waals surface area (Å²) in [6, 6.07) is 1.67. The summed E-state index contributed by atoms with van der Waals surface area (Å²) in [6.45, 7) is 2.19. The van der Waals surface area contributed by atoms with Crippen molar-refractivity contribution in [1.29, 1.82) is 0 Å². The number of aromatic amines is 2. The molecule has 82 valence electrons. The molecule has 0 aromatic carbocycles. The first-order valence-electron chi connectivity index (χ1n) is 3.95. The molecule has 1 aromatic rings. The molecule has 1 aliphatic heterocycles. The van der Waals surface area contributed by atoms with Gasteiger partial charge in [0.25, 0.3) is 5.56 Å². The highest BCUT2D eigenvalue weighted by molar-refractivity contribution is 5.85. The summed E-state index contributed by atoms with van der Waals surface area (Å²) in [6.07, 6.45) is 0. The van der Waals surface area contributed by atoms with Gasteiger partial charge in [-0.15, -0.1) is 24.8 Å². The third kappa shape index (κ3) is 3.02. The van der Waals surface area contributed by atoms with E-state index < -0.39 is 0 Å². The first-order valence-corrected chi connectivity index (χ1v) is 3.95. The van der Waals surface area contributed by atoms with E-state index in [-0.39, 0.29) is 36.4 Å². The summed E-state index contributed by atoms with van der Waals surface area (Å²) in [4.78, 5) is 10.8. The van der Waals surface area contributed by atoms with Crippen LogP contribution in [0, 0.1) is 0 Å². The Balaban J connectivity index is 0.000000845. The van der Waals surface area contributed by atoms with E-state index in [1.54, 1.807) is 6.07 Å². The molecule has 5 nitrogen and oxygen atoms in total. The van der Waals surface area contributed by atoms with Crippen LogP contribution in [-0.4, -0.2) is 30.0 Å². The van der Waals surface area contributed by atoms with E-state index in [1.807, 2.05) is 0 Å².